The fourth-order valence-corrected chi connectivity index (χ4v) is 3.09. The predicted octanol–water partition coefficient (Wildman–Crippen LogP) is 4.57. The van der Waals surface area contributed by atoms with Crippen LogP contribution in [0.5, 0.6) is 5.75 Å². The first-order valence-electron chi connectivity index (χ1n) is 7.46. The van der Waals surface area contributed by atoms with Gasteiger partial charge in [0.15, 0.2) is 0 Å². The predicted molar refractivity (Wildman–Crippen MR) is 88.0 cm³/mol. The van der Waals surface area contributed by atoms with Crippen LogP contribution in [0, 0.1) is 13.8 Å². The van der Waals surface area contributed by atoms with Crippen molar-refractivity contribution in [2.75, 3.05) is 0 Å². The van der Waals surface area contributed by atoms with Crippen molar-refractivity contribution in [2.45, 2.75) is 33.7 Å². The molecule has 1 heterocycles. The average molecular weight is 279 g/mol. The molecule has 0 atom stereocenters. The van der Waals surface area contributed by atoms with E-state index in [1.54, 1.807) is 0 Å². The second-order valence-corrected chi connectivity index (χ2v) is 5.71. The Kier molecular flexibility index (Phi) is 3.46. The quantitative estimate of drug-likeness (QED) is 0.746. The highest BCUT2D eigenvalue weighted by molar-refractivity contribution is 5.84. The van der Waals surface area contributed by atoms with Gasteiger partial charge >= 0.3 is 0 Å². The van der Waals surface area contributed by atoms with Crippen LogP contribution in [0.4, 0.5) is 0 Å². The van der Waals surface area contributed by atoms with Gasteiger partial charge in [-0.2, -0.15) is 0 Å². The second kappa shape index (κ2) is 5.28. The van der Waals surface area contributed by atoms with E-state index < -0.39 is 0 Å². The van der Waals surface area contributed by atoms with E-state index >= 15 is 0 Å². The van der Waals surface area contributed by atoms with Crippen LogP contribution in [-0.2, 0) is 13.0 Å². The van der Waals surface area contributed by atoms with Gasteiger partial charge in [-0.25, -0.2) is 0 Å². The molecule has 0 aliphatic carbocycles. The molecule has 0 radical (unpaired) electrons. The smallest absolute Gasteiger partial charge is 0.121 e. The zero-order valence-electron chi connectivity index (χ0n) is 12.9. The minimum Gasteiger partial charge on any atom is -0.507 e. The molecule has 0 unspecified atom stereocenters. The van der Waals surface area contributed by atoms with Crippen molar-refractivity contribution in [3.8, 4) is 5.75 Å². The minimum atomic E-state index is 0.412. The van der Waals surface area contributed by atoms with E-state index in [2.05, 4.69) is 54.1 Å². The van der Waals surface area contributed by atoms with Gasteiger partial charge in [0, 0.05) is 23.6 Å². The second-order valence-electron chi connectivity index (χ2n) is 5.71. The maximum absolute atomic E-state index is 9.91. The number of nitrogens with zero attached hydrogens (tertiary/aromatic N) is 1. The van der Waals surface area contributed by atoms with Gasteiger partial charge < -0.3 is 9.67 Å². The molecule has 1 aromatic heterocycles. The summed E-state index contributed by atoms with van der Waals surface area (Å²) in [6.07, 6.45) is 3.15. The third-order valence-electron chi connectivity index (χ3n) is 4.16. The topological polar surface area (TPSA) is 25.2 Å². The van der Waals surface area contributed by atoms with E-state index in [4.69, 9.17) is 0 Å². The van der Waals surface area contributed by atoms with Crippen molar-refractivity contribution < 1.29 is 5.11 Å². The fourth-order valence-electron chi connectivity index (χ4n) is 3.09. The van der Waals surface area contributed by atoms with Gasteiger partial charge in [-0.1, -0.05) is 30.3 Å². The molecule has 0 fully saturated rings. The van der Waals surface area contributed by atoms with Gasteiger partial charge in [0.1, 0.15) is 5.75 Å². The molecule has 0 saturated carbocycles. The van der Waals surface area contributed by atoms with Crippen LogP contribution >= 0.6 is 0 Å². The Morgan fingerprint density at radius 2 is 1.71 bits per heavy atom. The lowest BCUT2D eigenvalue weighted by Gasteiger charge is -2.07. The Bertz CT molecular complexity index is 775. The number of aromatic nitrogens is 1. The number of hydrogen-bond donors (Lipinski definition) is 1. The van der Waals surface area contributed by atoms with E-state index in [1.165, 1.54) is 22.0 Å². The van der Waals surface area contributed by atoms with E-state index in [0.717, 1.165) is 24.1 Å². The first-order valence-corrected chi connectivity index (χ1v) is 7.46. The summed E-state index contributed by atoms with van der Waals surface area (Å²) in [5.74, 6) is 0.412. The highest BCUT2D eigenvalue weighted by atomic mass is 16.3. The summed E-state index contributed by atoms with van der Waals surface area (Å²) >= 11 is 0. The number of aromatic hydroxyl groups is 1. The van der Waals surface area contributed by atoms with Gasteiger partial charge in [-0.3, -0.25) is 0 Å². The number of phenols is 1. The molecular weight excluding hydrogens is 258 g/mol. The van der Waals surface area contributed by atoms with Crippen LogP contribution in [-0.4, -0.2) is 9.67 Å². The Balaban J connectivity index is 2.06. The molecule has 0 aliphatic heterocycles. The molecule has 0 aliphatic rings. The SMILES string of the molecule is CCn1cc(Cc2cc(C)c(O)c(C)c2)c2ccccc21. The van der Waals surface area contributed by atoms with Gasteiger partial charge in [0.25, 0.3) is 0 Å². The molecule has 0 saturated heterocycles. The molecule has 0 amide bonds. The van der Waals surface area contributed by atoms with Crippen molar-refractivity contribution in [3.63, 3.8) is 0 Å². The van der Waals surface area contributed by atoms with Gasteiger partial charge in [-0.05, 0) is 55.5 Å². The lowest BCUT2D eigenvalue weighted by Crippen LogP contribution is -1.92. The average Bonchev–Trinajstić information content (AvgIpc) is 2.83. The molecule has 2 aromatic carbocycles. The Hall–Kier alpha value is -2.22. The number of rotatable bonds is 3. The van der Waals surface area contributed by atoms with Crippen molar-refractivity contribution >= 4 is 10.9 Å². The molecule has 3 rings (SSSR count). The summed E-state index contributed by atoms with van der Waals surface area (Å²) < 4.78 is 2.30. The number of benzene rings is 2. The van der Waals surface area contributed by atoms with Crippen molar-refractivity contribution in [2.24, 2.45) is 0 Å². The normalized spacial score (nSPS) is 11.2. The van der Waals surface area contributed by atoms with Crippen LogP contribution in [0.1, 0.15) is 29.2 Å². The number of hydrogen-bond acceptors (Lipinski definition) is 1. The molecule has 3 aromatic rings. The Morgan fingerprint density at radius 3 is 2.38 bits per heavy atom. The van der Waals surface area contributed by atoms with Crippen LogP contribution in [0.25, 0.3) is 10.9 Å². The summed E-state index contributed by atoms with van der Waals surface area (Å²) in [7, 11) is 0. The number of aryl methyl sites for hydroxylation is 3. The van der Waals surface area contributed by atoms with Crippen LogP contribution in [0.15, 0.2) is 42.6 Å². The Labute approximate surface area is 125 Å². The zero-order valence-corrected chi connectivity index (χ0v) is 12.9. The fraction of sp³-hybridized carbons (Fsp3) is 0.263. The first-order chi connectivity index (χ1) is 10.1. The summed E-state index contributed by atoms with van der Waals surface area (Å²) in [6, 6.07) is 12.7. The number of fused-ring (bicyclic) bond motifs is 1. The summed E-state index contributed by atoms with van der Waals surface area (Å²) in [5, 5.41) is 11.2. The minimum absolute atomic E-state index is 0.412. The highest BCUT2D eigenvalue weighted by Crippen LogP contribution is 2.27. The molecular formula is C19H21NO. The van der Waals surface area contributed by atoms with Crippen molar-refractivity contribution in [3.05, 3.63) is 64.8 Å². The largest absolute Gasteiger partial charge is 0.507 e. The van der Waals surface area contributed by atoms with E-state index in [-0.39, 0.29) is 0 Å². The monoisotopic (exact) mass is 279 g/mol. The maximum Gasteiger partial charge on any atom is 0.121 e. The summed E-state index contributed by atoms with van der Waals surface area (Å²) in [6.45, 7) is 7.07. The molecule has 2 heteroatoms. The molecule has 21 heavy (non-hydrogen) atoms. The number of phenolic OH excluding ortho intramolecular Hbond substituents is 1. The molecule has 108 valence electrons. The zero-order chi connectivity index (χ0) is 15.0. The highest BCUT2D eigenvalue weighted by Gasteiger charge is 2.09. The van der Waals surface area contributed by atoms with E-state index in [9.17, 15) is 5.11 Å². The lowest BCUT2D eigenvalue weighted by atomic mass is 9.99. The summed E-state index contributed by atoms with van der Waals surface area (Å²) in [5.41, 5.74) is 5.79. The van der Waals surface area contributed by atoms with Crippen molar-refractivity contribution in [1.82, 2.24) is 4.57 Å². The molecule has 2 nitrogen and oxygen atoms in total. The van der Waals surface area contributed by atoms with Gasteiger partial charge in [-0.15, -0.1) is 0 Å². The van der Waals surface area contributed by atoms with Crippen LogP contribution < -0.4 is 0 Å². The third-order valence-corrected chi connectivity index (χ3v) is 4.16. The molecule has 1 N–H and O–H groups in total. The molecule has 0 bridgehead atoms. The van der Waals surface area contributed by atoms with E-state index in [1.807, 2.05) is 13.8 Å². The van der Waals surface area contributed by atoms with Gasteiger partial charge in [0.2, 0.25) is 0 Å². The van der Waals surface area contributed by atoms with E-state index in [0.29, 0.717) is 5.75 Å². The van der Waals surface area contributed by atoms with Gasteiger partial charge in [0.05, 0.1) is 0 Å². The van der Waals surface area contributed by atoms with Crippen molar-refractivity contribution in [1.29, 1.82) is 0 Å². The van der Waals surface area contributed by atoms with Crippen LogP contribution in [0.2, 0.25) is 0 Å². The van der Waals surface area contributed by atoms with Crippen LogP contribution in [0.3, 0.4) is 0 Å². The third kappa shape index (κ3) is 2.42. The standard InChI is InChI=1S/C19H21NO/c1-4-20-12-16(17-7-5-6-8-18(17)20)11-15-9-13(2)19(21)14(3)10-15/h5-10,12,21H,4,11H2,1-3H3. The number of para-hydroxylation sites is 1. The first kappa shape index (κ1) is 13.7. The molecule has 0 spiro atoms. The lowest BCUT2D eigenvalue weighted by molar-refractivity contribution is 0.466. The summed E-state index contributed by atoms with van der Waals surface area (Å²) in [4.78, 5) is 0. The maximum atomic E-state index is 9.91. The Morgan fingerprint density at radius 1 is 1.05 bits per heavy atom.